The van der Waals surface area contributed by atoms with Crippen molar-refractivity contribution in [1.82, 2.24) is 5.32 Å². The first-order chi connectivity index (χ1) is 10.1. The monoisotopic (exact) mass is 288 g/mol. The Morgan fingerprint density at radius 3 is 2.81 bits per heavy atom. The number of ether oxygens (including phenoxy) is 1. The summed E-state index contributed by atoms with van der Waals surface area (Å²) in [5.74, 6) is 0.575. The number of rotatable bonds is 2. The second kappa shape index (κ2) is 5.78. The third kappa shape index (κ3) is 2.97. The van der Waals surface area contributed by atoms with E-state index in [-0.39, 0.29) is 18.1 Å². The SMILES string of the molecule is Cc1cccc(N2CC(C)(C3CCNCC3)OCC2=O)c1. The van der Waals surface area contributed by atoms with Gasteiger partial charge in [0.25, 0.3) is 5.91 Å². The smallest absolute Gasteiger partial charge is 0.253 e. The molecular weight excluding hydrogens is 264 g/mol. The van der Waals surface area contributed by atoms with Gasteiger partial charge in [-0.15, -0.1) is 0 Å². The predicted molar refractivity (Wildman–Crippen MR) is 83.5 cm³/mol. The quantitative estimate of drug-likeness (QED) is 0.906. The summed E-state index contributed by atoms with van der Waals surface area (Å²) >= 11 is 0. The molecule has 1 aromatic carbocycles. The second-order valence-corrected chi connectivity index (χ2v) is 6.44. The molecule has 21 heavy (non-hydrogen) atoms. The molecule has 4 nitrogen and oxygen atoms in total. The van der Waals surface area contributed by atoms with Gasteiger partial charge in [-0.3, -0.25) is 4.79 Å². The lowest BCUT2D eigenvalue weighted by atomic mass is 9.81. The average Bonchev–Trinajstić information content (AvgIpc) is 2.51. The largest absolute Gasteiger partial charge is 0.363 e. The summed E-state index contributed by atoms with van der Waals surface area (Å²) in [7, 11) is 0. The van der Waals surface area contributed by atoms with Crippen molar-refractivity contribution in [1.29, 1.82) is 0 Å². The number of nitrogens with one attached hydrogen (secondary N) is 1. The van der Waals surface area contributed by atoms with Crippen LogP contribution in [0.5, 0.6) is 0 Å². The molecule has 0 radical (unpaired) electrons. The predicted octanol–water partition coefficient (Wildman–Crippen LogP) is 2.12. The fraction of sp³-hybridized carbons (Fsp3) is 0.588. The van der Waals surface area contributed by atoms with Crippen molar-refractivity contribution in [3.63, 3.8) is 0 Å². The molecule has 1 amide bonds. The number of benzene rings is 1. The van der Waals surface area contributed by atoms with E-state index in [0.29, 0.717) is 12.5 Å². The van der Waals surface area contributed by atoms with Gasteiger partial charge in [0.1, 0.15) is 6.61 Å². The van der Waals surface area contributed by atoms with E-state index in [1.54, 1.807) is 0 Å². The van der Waals surface area contributed by atoms with Crippen molar-refractivity contribution in [3.8, 4) is 0 Å². The number of anilines is 1. The van der Waals surface area contributed by atoms with Crippen LogP contribution in [-0.2, 0) is 9.53 Å². The molecule has 3 rings (SSSR count). The van der Waals surface area contributed by atoms with Gasteiger partial charge in [-0.2, -0.15) is 0 Å². The van der Waals surface area contributed by atoms with Crippen LogP contribution in [0.25, 0.3) is 0 Å². The molecule has 0 spiro atoms. The van der Waals surface area contributed by atoms with E-state index >= 15 is 0 Å². The number of amides is 1. The molecule has 1 aromatic rings. The average molecular weight is 288 g/mol. The lowest BCUT2D eigenvalue weighted by Gasteiger charge is -2.46. The van der Waals surface area contributed by atoms with E-state index < -0.39 is 0 Å². The molecule has 2 saturated heterocycles. The third-order valence-electron chi connectivity index (χ3n) is 4.81. The Kier molecular flexibility index (Phi) is 4.00. The number of aryl methyl sites for hydroxylation is 1. The highest BCUT2D eigenvalue weighted by atomic mass is 16.5. The minimum atomic E-state index is -0.236. The van der Waals surface area contributed by atoms with Crippen LogP contribution in [0.2, 0.25) is 0 Å². The molecule has 2 heterocycles. The van der Waals surface area contributed by atoms with E-state index in [9.17, 15) is 4.79 Å². The number of nitrogens with zero attached hydrogens (tertiary/aromatic N) is 1. The highest BCUT2D eigenvalue weighted by molar-refractivity contribution is 5.95. The number of morpholine rings is 1. The van der Waals surface area contributed by atoms with Crippen LogP contribution < -0.4 is 10.2 Å². The van der Waals surface area contributed by atoms with E-state index in [4.69, 9.17) is 4.74 Å². The van der Waals surface area contributed by atoms with Crippen molar-refractivity contribution in [3.05, 3.63) is 29.8 Å². The summed E-state index contributed by atoms with van der Waals surface area (Å²) in [4.78, 5) is 14.2. The molecule has 0 aliphatic carbocycles. The summed E-state index contributed by atoms with van der Waals surface area (Å²) in [6.45, 7) is 7.15. The summed E-state index contributed by atoms with van der Waals surface area (Å²) in [5.41, 5.74) is 1.93. The second-order valence-electron chi connectivity index (χ2n) is 6.44. The zero-order chi connectivity index (χ0) is 14.9. The van der Waals surface area contributed by atoms with Crippen LogP contribution in [0, 0.1) is 12.8 Å². The van der Waals surface area contributed by atoms with Crippen LogP contribution in [0.15, 0.2) is 24.3 Å². The van der Waals surface area contributed by atoms with Crippen molar-refractivity contribution < 1.29 is 9.53 Å². The van der Waals surface area contributed by atoms with Crippen LogP contribution in [-0.4, -0.2) is 37.7 Å². The van der Waals surface area contributed by atoms with Gasteiger partial charge in [-0.25, -0.2) is 0 Å². The molecule has 0 bridgehead atoms. The number of piperidine rings is 1. The minimum absolute atomic E-state index is 0.0620. The van der Waals surface area contributed by atoms with Gasteiger partial charge in [-0.05, 0) is 63.4 Å². The van der Waals surface area contributed by atoms with Crippen LogP contribution in [0.1, 0.15) is 25.3 Å². The van der Waals surface area contributed by atoms with E-state index in [1.165, 1.54) is 5.56 Å². The number of hydrogen-bond donors (Lipinski definition) is 1. The molecular formula is C17H24N2O2. The van der Waals surface area contributed by atoms with Crippen LogP contribution in [0.3, 0.4) is 0 Å². The van der Waals surface area contributed by atoms with Crippen molar-refractivity contribution in [2.75, 3.05) is 31.1 Å². The maximum atomic E-state index is 12.3. The van der Waals surface area contributed by atoms with Gasteiger partial charge in [0.05, 0.1) is 12.1 Å². The van der Waals surface area contributed by atoms with Gasteiger partial charge in [0.15, 0.2) is 0 Å². The summed E-state index contributed by atoms with van der Waals surface area (Å²) < 4.78 is 5.98. The maximum absolute atomic E-state index is 12.3. The molecule has 0 saturated carbocycles. The lowest BCUT2D eigenvalue weighted by molar-refractivity contribution is -0.144. The minimum Gasteiger partial charge on any atom is -0.363 e. The topological polar surface area (TPSA) is 41.6 Å². The Bertz CT molecular complexity index is 525. The Hall–Kier alpha value is -1.39. The van der Waals surface area contributed by atoms with Gasteiger partial charge in [0.2, 0.25) is 0 Å². The van der Waals surface area contributed by atoms with Crippen molar-refractivity contribution in [2.24, 2.45) is 5.92 Å². The molecule has 4 heteroatoms. The fourth-order valence-electron chi connectivity index (χ4n) is 3.46. The number of hydrogen-bond acceptors (Lipinski definition) is 3. The standard InChI is InChI=1S/C17H24N2O2/c1-13-4-3-5-15(10-13)19-12-17(2,21-11-16(19)20)14-6-8-18-9-7-14/h3-5,10,14,18H,6-9,11-12H2,1-2H3. The Morgan fingerprint density at radius 1 is 1.33 bits per heavy atom. The van der Waals surface area contributed by atoms with E-state index in [1.807, 2.05) is 17.0 Å². The summed E-state index contributed by atoms with van der Waals surface area (Å²) in [6, 6.07) is 8.15. The van der Waals surface area contributed by atoms with Gasteiger partial charge < -0.3 is 15.0 Å². The molecule has 2 aliphatic heterocycles. The highest BCUT2D eigenvalue weighted by Crippen LogP contribution is 2.34. The zero-order valence-electron chi connectivity index (χ0n) is 12.9. The normalized spacial score (nSPS) is 27.9. The fourth-order valence-corrected chi connectivity index (χ4v) is 3.46. The van der Waals surface area contributed by atoms with Crippen molar-refractivity contribution in [2.45, 2.75) is 32.3 Å². The molecule has 1 unspecified atom stereocenters. The van der Waals surface area contributed by atoms with E-state index in [2.05, 4.69) is 31.3 Å². The molecule has 2 aliphatic rings. The lowest BCUT2D eigenvalue weighted by Crippen LogP contribution is -2.58. The molecule has 1 atom stereocenters. The summed E-state index contributed by atoms with van der Waals surface area (Å²) in [6.07, 6.45) is 2.23. The van der Waals surface area contributed by atoms with E-state index in [0.717, 1.165) is 31.6 Å². The van der Waals surface area contributed by atoms with Crippen molar-refractivity contribution >= 4 is 11.6 Å². The molecule has 114 valence electrons. The number of carbonyl (C=O) groups excluding carboxylic acids is 1. The first-order valence-corrected chi connectivity index (χ1v) is 7.80. The number of carbonyl (C=O) groups is 1. The van der Waals surface area contributed by atoms with Gasteiger partial charge >= 0.3 is 0 Å². The van der Waals surface area contributed by atoms with Crippen LogP contribution in [0.4, 0.5) is 5.69 Å². The van der Waals surface area contributed by atoms with Gasteiger partial charge in [0, 0.05) is 5.69 Å². The maximum Gasteiger partial charge on any atom is 0.253 e. The summed E-state index contributed by atoms with van der Waals surface area (Å²) in [5, 5.41) is 3.39. The molecule has 2 fully saturated rings. The van der Waals surface area contributed by atoms with Gasteiger partial charge in [-0.1, -0.05) is 12.1 Å². The zero-order valence-corrected chi connectivity index (χ0v) is 12.9. The Morgan fingerprint density at radius 2 is 2.10 bits per heavy atom. The first kappa shape index (κ1) is 14.5. The third-order valence-corrected chi connectivity index (χ3v) is 4.81. The van der Waals surface area contributed by atoms with Crippen LogP contribution >= 0.6 is 0 Å². The Balaban J connectivity index is 1.82. The first-order valence-electron chi connectivity index (χ1n) is 7.80. The Labute approximate surface area is 126 Å². The molecule has 1 N–H and O–H groups in total. The highest BCUT2D eigenvalue weighted by Gasteiger charge is 2.42. The molecule has 0 aromatic heterocycles.